The molecule has 0 saturated carbocycles. The summed E-state index contributed by atoms with van der Waals surface area (Å²) < 4.78 is 13.3. The van der Waals surface area contributed by atoms with Crippen LogP contribution in [0, 0.1) is 17.1 Å². The Labute approximate surface area is 161 Å². The van der Waals surface area contributed by atoms with Crippen molar-refractivity contribution in [2.24, 2.45) is 0 Å². The fourth-order valence-corrected chi connectivity index (χ4v) is 3.42. The predicted molar refractivity (Wildman–Crippen MR) is 101 cm³/mol. The van der Waals surface area contributed by atoms with Gasteiger partial charge in [0.2, 0.25) is 5.91 Å². The Morgan fingerprint density at radius 1 is 1.25 bits per heavy atom. The smallest absolute Gasteiger partial charge is 0.240 e. The van der Waals surface area contributed by atoms with Crippen molar-refractivity contribution in [2.75, 3.05) is 13.6 Å². The number of pyridine rings is 1. The predicted octanol–water partition coefficient (Wildman–Crippen LogP) is 2.46. The zero-order valence-electron chi connectivity index (χ0n) is 15.1. The van der Waals surface area contributed by atoms with Gasteiger partial charge >= 0.3 is 0 Å². The molecule has 0 radical (unpaired) electrons. The van der Waals surface area contributed by atoms with Crippen molar-refractivity contribution in [1.82, 2.24) is 14.8 Å². The lowest BCUT2D eigenvalue weighted by molar-refractivity contribution is -0.135. The molecule has 2 heterocycles. The van der Waals surface area contributed by atoms with E-state index in [9.17, 15) is 19.6 Å². The van der Waals surface area contributed by atoms with Gasteiger partial charge in [-0.15, -0.1) is 0 Å². The van der Waals surface area contributed by atoms with Crippen LogP contribution >= 0.6 is 0 Å². The van der Waals surface area contributed by atoms with Gasteiger partial charge in [-0.25, -0.2) is 9.37 Å². The zero-order valence-corrected chi connectivity index (χ0v) is 15.1. The third kappa shape index (κ3) is 3.20. The first-order valence-electron chi connectivity index (χ1n) is 8.74. The summed E-state index contributed by atoms with van der Waals surface area (Å²) in [7, 11) is 1.68. The summed E-state index contributed by atoms with van der Waals surface area (Å²) in [4.78, 5) is 19.4. The highest BCUT2D eigenvalue weighted by molar-refractivity contribution is 5.95. The number of halogens is 1. The SMILES string of the molecule is CN1CC(=O)N(Cc2ccc3c(-c4ccc(F)cc4)cc(C#N)nc3c2)C1O. The Morgan fingerprint density at radius 2 is 2.00 bits per heavy atom. The minimum atomic E-state index is -0.962. The van der Waals surface area contributed by atoms with Crippen molar-refractivity contribution in [3.05, 3.63) is 65.6 Å². The van der Waals surface area contributed by atoms with Crippen molar-refractivity contribution < 1.29 is 14.3 Å². The number of nitrogens with zero attached hydrogens (tertiary/aromatic N) is 4. The number of benzene rings is 2. The van der Waals surface area contributed by atoms with Gasteiger partial charge in [0.25, 0.3) is 0 Å². The first kappa shape index (κ1) is 18.0. The van der Waals surface area contributed by atoms with E-state index in [1.165, 1.54) is 17.0 Å². The van der Waals surface area contributed by atoms with Crippen LogP contribution in [-0.2, 0) is 11.3 Å². The topological polar surface area (TPSA) is 80.5 Å². The average molecular weight is 376 g/mol. The number of carbonyl (C=O) groups excluding carboxylic acids is 1. The third-order valence-corrected chi connectivity index (χ3v) is 4.87. The minimum Gasteiger partial charge on any atom is -0.361 e. The summed E-state index contributed by atoms with van der Waals surface area (Å²) in [6.45, 7) is 0.408. The molecule has 0 spiro atoms. The van der Waals surface area contributed by atoms with Crippen LogP contribution in [0.5, 0.6) is 0 Å². The number of nitriles is 1. The highest BCUT2D eigenvalue weighted by Crippen LogP contribution is 2.30. The van der Waals surface area contributed by atoms with Gasteiger partial charge in [-0.05, 0) is 48.0 Å². The lowest BCUT2D eigenvalue weighted by Gasteiger charge is -2.23. The number of likely N-dealkylation sites (N-methyl/N-ethyl adjacent to an activating group) is 1. The van der Waals surface area contributed by atoms with Crippen LogP contribution in [-0.4, -0.2) is 45.7 Å². The van der Waals surface area contributed by atoms with E-state index < -0.39 is 6.35 Å². The quantitative estimate of drug-likeness (QED) is 0.760. The van der Waals surface area contributed by atoms with Crippen LogP contribution in [0.2, 0.25) is 0 Å². The maximum absolute atomic E-state index is 13.3. The molecule has 1 saturated heterocycles. The fourth-order valence-electron chi connectivity index (χ4n) is 3.42. The molecule has 28 heavy (non-hydrogen) atoms. The number of aliphatic hydroxyl groups excluding tert-OH is 1. The van der Waals surface area contributed by atoms with Crippen LogP contribution in [0.15, 0.2) is 48.5 Å². The average Bonchev–Trinajstić information content (AvgIpc) is 2.93. The molecule has 3 aromatic rings. The summed E-state index contributed by atoms with van der Waals surface area (Å²) in [6.07, 6.45) is -0.962. The molecule has 4 rings (SSSR count). The summed E-state index contributed by atoms with van der Waals surface area (Å²) >= 11 is 0. The molecule has 140 valence electrons. The molecule has 2 aromatic carbocycles. The lowest BCUT2D eigenvalue weighted by atomic mass is 9.99. The largest absolute Gasteiger partial charge is 0.361 e. The molecule has 1 unspecified atom stereocenters. The van der Waals surface area contributed by atoms with Crippen LogP contribution in [0.4, 0.5) is 4.39 Å². The van der Waals surface area contributed by atoms with E-state index in [4.69, 9.17) is 0 Å². The molecule has 1 N–H and O–H groups in total. The Hall–Kier alpha value is -3.34. The number of hydrogen-bond acceptors (Lipinski definition) is 5. The van der Waals surface area contributed by atoms with Crippen molar-refractivity contribution in [3.63, 3.8) is 0 Å². The second-order valence-corrected chi connectivity index (χ2v) is 6.81. The van der Waals surface area contributed by atoms with E-state index in [0.29, 0.717) is 5.52 Å². The van der Waals surface area contributed by atoms with Crippen LogP contribution in [0.1, 0.15) is 11.3 Å². The van der Waals surface area contributed by atoms with Crippen molar-refractivity contribution >= 4 is 16.8 Å². The van der Waals surface area contributed by atoms with Crippen molar-refractivity contribution in [1.29, 1.82) is 5.26 Å². The Morgan fingerprint density at radius 3 is 2.64 bits per heavy atom. The molecule has 7 heteroatoms. The normalized spacial score (nSPS) is 17.3. The van der Waals surface area contributed by atoms with Crippen molar-refractivity contribution in [3.8, 4) is 17.2 Å². The molecule has 1 fully saturated rings. The molecule has 0 aliphatic carbocycles. The molecule has 0 bridgehead atoms. The Balaban J connectivity index is 1.76. The van der Waals surface area contributed by atoms with Gasteiger partial charge in [0.15, 0.2) is 6.35 Å². The molecule has 1 atom stereocenters. The van der Waals surface area contributed by atoms with E-state index in [0.717, 1.165) is 22.1 Å². The number of rotatable bonds is 3. The Kier molecular flexibility index (Phi) is 4.51. The van der Waals surface area contributed by atoms with Gasteiger partial charge < -0.3 is 5.11 Å². The van der Waals surface area contributed by atoms with Crippen molar-refractivity contribution in [2.45, 2.75) is 12.9 Å². The molecule has 1 amide bonds. The maximum Gasteiger partial charge on any atom is 0.240 e. The van der Waals surface area contributed by atoms with E-state index in [-0.39, 0.29) is 30.5 Å². The summed E-state index contributed by atoms with van der Waals surface area (Å²) in [5.41, 5.74) is 3.21. The van der Waals surface area contributed by atoms with Gasteiger partial charge in [0, 0.05) is 11.9 Å². The monoisotopic (exact) mass is 376 g/mol. The van der Waals surface area contributed by atoms with E-state index in [1.54, 1.807) is 30.1 Å². The first-order valence-corrected chi connectivity index (χ1v) is 8.74. The summed E-state index contributed by atoms with van der Waals surface area (Å²) in [5, 5.41) is 20.3. The van der Waals surface area contributed by atoms with Gasteiger partial charge in [-0.2, -0.15) is 5.26 Å². The number of carbonyl (C=O) groups is 1. The number of amides is 1. The number of hydrogen-bond donors (Lipinski definition) is 1. The highest BCUT2D eigenvalue weighted by Gasteiger charge is 2.33. The van der Waals surface area contributed by atoms with Crippen LogP contribution in [0.3, 0.4) is 0 Å². The number of aromatic nitrogens is 1. The number of fused-ring (bicyclic) bond motifs is 1. The van der Waals surface area contributed by atoms with Gasteiger partial charge in [-0.1, -0.05) is 24.3 Å². The summed E-state index contributed by atoms with van der Waals surface area (Å²) in [6, 6.07) is 15.3. The standard InChI is InChI=1S/C21H17FN4O2/c1-25-12-20(27)26(21(25)28)11-13-2-7-17-18(14-3-5-15(22)6-4-14)9-16(10-23)24-19(17)8-13/h2-9,21,28H,11-12H2,1H3. The second-order valence-electron chi connectivity index (χ2n) is 6.81. The van der Waals surface area contributed by atoms with Crippen LogP contribution in [0.25, 0.3) is 22.0 Å². The highest BCUT2D eigenvalue weighted by atomic mass is 19.1. The third-order valence-electron chi connectivity index (χ3n) is 4.87. The molecule has 1 aliphatic rings. The molecular weight excluding hydrogens is 359 g/mol. The number of aliphatic hydroxyl groups is 1. The second kappa shape index (κ2) is 7.00. The maximum atomic E-state index is 13.3. The zero-order chi connectivity index (χ0) is 19.8. The van der Waals surface area contributed by atoms with Crippen LogP contribution < -0.4 is 0 Å². The van der Waals surface area contributed by atoms with E-state index in [2.05, 4.69) is 11.1 Å². The van der Waals surface area contributed by atoms with Gasteiger partial charge in [-0.3, -0.25) is 14.6 Å². The van der Waals surface area contributed by atoms with E-state index in [1.807, 2.05) is 18.2 Å². The molecule has 6 nitrogen and oxygen atoms in total. The van der Waals surface area contributed by atoms with Gasteiger partial charge in [0.1, 0.15) is 17.6 Å². The molecular formula is C21H17FN4O2. The Bertz CT molecular complexity index is 1110. The fraction of sp³-hybridized carbons (Fsp3) is 0.190. The van der Waals surface area contributed by atoms with Gasteiger partial charge in [0.05, 0.1) is 12.1 Å². The van der Waals surface area contributed by atoms with E-state index >= 15 is 0 Å². The molecule has 1 aromatic heterocycles. The summed E-state index contributed by atoms with van der Waals surface area (Å²) in [5.74, 6) is -0.482. The lowest BCUT2D eigenvalue weighted by Crippen LogP contribution is -2.37. The first-order chi connectivity index (χ1) is 13.5. The minimum absolute atomic E-state index is 0.152. The molecule has 1 aliphatic heterocycles.